The summed E-state index contributed by atoms with van der Waals surface area (Å²) in [6.07, 6.45) is -1.25. The molecule has 5 aromatic carbocycles. The van der Waals surface area contributed by atoms with Crippen LogP contribution in [0.5, 0.6) is 5.75 Å². The first-order chi connectivity index (χ1) is 27.3. The SMILES string of the molecule is CC(C)(C)[Si](C)(C)O[C@@H](CN(CCc1ccc(NC(=O)Nc2ccccc2-c2ccccc2)cc1)C(=O)O)c1ccc(OCc2ccccc2)c2[nH]c(=O)ccc12. The lowest BCUT2D eigenvalue weighted by molar-refractivity contribution is 0.102. The van der Waals surface area contributed by atoms with Crippen molar-refractivity contribution in [1.29, 1.82) is 0 Å². The Bertz CT molecular complexity index is 2360. The Morgan fingerprint density at radius 1 is 0.789 bits per heavy atom. The molecule has 0 spiro atoms. The molecule has 1 heterocycles. The van der Waals surface area contributed by atoms with Crippen LogP contribution in [0.15, 0.2) is 138 Å². The monoisotopic (exact) mass is 782 g/mol. The van der Waals surface area contributed by atoms with Crippen molar-refractivity contribution in [3.8, 4) is 16.9 Å². The molecule has 0 unspecified atom stereocenters. The molecule has 10 nitrogen and oxygen atoms in total. The highest BCUT2D eigenvalue weighted by Crippen LogP contribution is 2.42. The molecule has 0 saturated carbocycles. The van der Waals surface area contributed by atoms with Crippen molar-refractivity contribution in [2.24, 2.45) is 0 Å². The van der Waals surface area contributed by atoms with Gasteiger partial charge in [-0.1, -0.05) is 118 Å². The van der Waals surface area contributed by atoms with Crippen molar-refractivity contribution >= 4 is 42.7 Å². The fourth-order valence-electron chi connectivity index (χ4n) is 6.35. The third-order valence-electron chi connectivity index (χ3n) is 10.5. The van der Waals surface area contributed by atoms with Crippen LogP contribution in [0.1, 0.15) is 43.6 Å². The third kappa shape index (κ3) is 10.4. The van der Waals surface area contributed by atoms with Crippen molar-refractivity contribution in [3.63, 3.8) is 0 Å². The molecule has 0 aliphatic carbocycles. The van der Waals surface area contributed by atoms with Crippen LogP contribution in [0.3, 0.4) is 0 Å². The van der Waals surface area contributed by atoms with Crippen LogP contribution in [-0.4, -0.2) is 48.5 Å². The first-order valence-corrected chi connectivity index (χ1v) is 22.0. The number of anilines is 2. The maximum atomic E-state index is 13.0. The summed E-state index contributed by atoms with van der Waals surface area (Å²) in [5, 5.41) is 16.9. The number of urea groups is 1. The van der Waals surface area contributed by atoms with Gasteiger partial charge in [0.25, 0.3) is 0 Å². The lowest BCUT2D eigenvalue weighted by Crippen LogP contribution is -2.45. The summed E-state index contributed by atoms with van der Waals surface area (Å²) in [5.74, 6) is 0.517. The molecule has 11 heteroatoms. The summed E-state index contributed by atoms with van der Waals surface area (Å²) in [4.78, 5) is 42.8. The highest BCUT2D eigenvalue weighted by molar-refractivity contribution is 6.74. The normalized spacial score (nSPS) is 12.2. The van der Waals surface area contributed by atoms with E-state index in [0.29, 0.717) is 35.7 Å². The average molecular weight is 783 g/mol. The highest BCUT2D eigenvalue weighted by atomic mass is 28.4. The molecule has 57 heavy (non-hydrogen) atoms. The number of carboxylic acid groups (broad SMARTS) is 1. The molecule has 1 aromatic heterocycles. The predicted molar refractivity (Wildman–Crippen MR) is 231 cm³/mol. The van der Waals surface area contributed by atoms with Crippen LogP contribution < -0.4 is 20.9 Å². The van der Waals surface area contributed by atoms with E-state index in [1.165, 1.54) is 11.0 Å². The summed E-state index contributed by atoms with van der Waals surface area (Å²) in [7, 11) is -2.44. The zero-order chi connectivity index (χ0) is 40.6. The minimum atomic E-state index is -2.44. The number of H-pyrrole nitrogens is 1. The summed E-state index contributed by atoms with van der Waals surface area (Å²) in [5.41, 5.74) is 6.13. The number of pyridine rings is 1. The molecule has 3 amide bonds. The van der Waals surface area contributed by atoms with Gasteiger partial charge in [0.2, 0.25) is 5.56 Å². The number of fused-ring (bicyclic) bond motifs is 1. The van der Waals surface area contributed by atoms with Gasteiger partial charge in [-0.25, -0.2) is 9.59 Å². The fraction of sp³-hybridized carbons (Fsp3) is 0.239. The minimum absolute atomic E-state index is 0.0740. The number of aromatic amines is 1. The number of amides is 3. The van der Waals surface area contributed by atoms with Gasteiger partial charge < -0.3 is 34.8 Å². The Morgan fingerprint density at radius 2 is 1.46 bits per heavy atom. The van der Waals surface area contributed by atoms with Gasteiger partial charge in [-0.05, 0) is 77.1 Å². The number of rotatable bonds is 14. The van der Waals surface area contributed by atoms with Gasteiger partial charge in [-0.15, -0.1) is 0 Å². The lowest BCUT2D eigenvalue weighted by Gasteiger charge is -2.40. The molecule has 4 N–H and O–H groups in total. The number of carbonyl (C=O) groups is 2. The standard InChI is InChI=1S/C46H50N4O6Si/c1-46(2,3)57(4,5)56-41(37-24-26-40(43-38(37)25-27-42(51)49-43)55-31-33-14-8-6-9-15-33)30-50(45(53)54)29-28-32-20-22-35(23-21-32)47-44(52)48-39-19-13-12-18-36(39)34-16-10-7-11-17-34/h6-27,41H,28-31H2,1-5H3,(H,49,51)(H,53,54)(H2,47,48,52)/t41-/m0/s1. The van der Waals surface area contributed by atoms with Crippen LogP contribution >= 0.6 is 0 Å². The van der Waals surface area contributed by atoms with Gasteiger partial charge >= 0.3 is 12.1 Å². The van der Waals surface area contributed by atoms with Gasteiger partial charge in [0.05, 0.1) is 23.9 Å². The maximum Gasteiger partial charge on any atom is 0.407 e. The van der Waals surface area contributed by atoms with E-state index in [1.54, 1.807) is 18.2 Å². The molecule has 1 atom stereocenters. The molecule has 0 saturated heterocycles. The number of aromatic nitrogens is 1. The van der Waals surface area contributed by atoms with Crippen LogP contribution in [0.25, 0.3) is 22.0 Å². The van der Waals surface area contributed by atoms with E-state index in [0.717, 1.165) is 33.2 Å². The van der Waals surface area contributed by atoms with Gasteiger partial charge in [0, 0.05) is 29.2 Å². The van der Waals surface area contributed by atoms with Crippen molar-refractivity contribution in [2.75, 3.05) is 23.7 Å². The first kappa shape index (κ1) is 40.5. The zero-order valence-electron chi connectivity index (χ0n) is 33.0. The molecule has 0 bridgehead atoms. The molecular formula is C46H50N4O6Si. The number of carbonyl (C=O) groups excluding carboxylic acids is 1. The van der Waals surface area contributed by atoms with Crippen molar-refractivity contribution in [1.82, 2.24) is 9.88 Å². The quantitative estimate of drug-likeness (QED) is 0.0813. The molecule has 6 aromatic rings. The number of nitrogens with one attached hydrogen (secondary N) is 3. The number of para-hydroxylation sites is 1. The highest BCUT2D eigenvalue weighted by Gasteiger charge is 2.40. The number of ether oxygens (including phenoxy) is 1. The number of hydrogen-bond acceptors (Lipinski definition) is 5. The molecule has 0 aliphatic rings. The Hall–Kier alpha value is -6.17. The Labute approximate surface area is 334 Å². The molecule has 294 valence electrons. The Balaban J connectivity index is 1.18. The van der Waals surface area contributed by atoms with E-state index in [-0.39, 0.29) is 29.7 Å². The van der Waals surface area contributed by atoms with Crippen LogP contribution in [0.2, 0.25) is 18.1 Å². The van der Waals surface area contributed by atoms with Crippen LogP contribution in [0, 0.1) is 0 Å². The number of nitrogens with zero attached hydrogens (tertiary/aromatic N) is 1. The second-order valence-corrected chi connectivity index (χ2v) is 20.3. The smallest absolute Gasteiger partial charge is 0.407 e. The van der Waals surface area contributed by atoms with Gasteiger partial charge in [0.15, 0.2) is 8.32 Å². The third-order valence-corrected chi connectivity index (χ3v) is 15.0. The molecule has 0 radical (unpaired) electrons. The van der Waals surface area contributed by atoms with E-state index < -0.39 is 20.5 Å². The second kappa shape index (κ2) is 17.7. The second-order valence-electron chi connectivity index (χ2n) is 15.6. The van der Waals surface area contributed by atoms with E-state index in [4.69, 9.17) is 9.16 Å². The Kier molecular flexibility index (Phi) is 12.6. The predicted octanol–water partition coefficient (Wildman–Crippen LogP) is 10.7. The van der Waals surface area contributed by atoms with Crippen molar-refractivity contribution in [3.05, 3.63) is 161 Å². The largest absolute Gasteiger partial charge is 0.487 e. The number of hydrogen-bond donors (Lipinski definition) is 4. The molecular weight excluding hydrogens is 733 g/mol. The van der Waals surface area contributed by atoms with Crippen LogP contribution in [0.4, 0.5) is 21.0 Å². The zero-order valence-corrected chi connectivity index (χ0v) is 34.0. The van der Waals surface area contributed by atoms with E-state index >= 15 is 0 Å². The first-order valence-electron chi connectivity index (χ1n) is 19.1. The van der Waals surface area contributed by atoms with E-state index in [2.05, 4.69) is 49.5 Å². The van der Waals surface area contributed by atoms with E-state index in [9.17, 15) is 19.5 Å². The summed E-state index contributed by atoms with van der Waals surface area (Å²) >= 11 is 0. The minimum Gasteiger partial charge on any atom is -0.487 e. The summed E-state index contributed by atoms with van der Waals surface area (Å²) < 4.78 is 13.2. The van der Waals surface area contributed by atoms with Gasteiger partial charge in [-0.2, -0.15) is 0 Å². The van der Waals surface area contributed by atoms with Crippen molar-refractivity contribution in [2.45, 2.75) is 58.0 Å². The van der Waals surface area contributed by atoms with Crippen molar-refractivity contribution < 1.29 is 23.9 Å². The molecule has 6 rings (SSSR count). The summed E-state index contributed by atoms with van der Waals surface area (Å²) in [6.45, 7) is 11.3. The fourth-order valence-corrected chi connectivity index (χ4v) is 7.61. The van der Waals surface area contributed by atoms with E-state index in [1.807, 2.05) is 109 Å². The topological polar surface area (TPSA) is 133 Å². The maximum absolute atomic E-state index is 13.0. The molecule has 0 fully saturated rings. The number of benzene rings is 5. The Morgan fingerprint density at radius 3 is 2.14 bits per heavy atom. The van der Waals surface area contributed by atoms with Crippen LogP contribution in [-0.2, 0) is 17.5 Å². The van der Waals surface area contributed by atoms with Gasteiger partial charge in [0.1, 0.15) is 12.4 Å². The average Bonchev–Trinajstić information content (AvgIpc) is 3.19. The van der Waals surface area contributed by atoms with Gasteiger partial charge in [-0.3, -0.25) is 4.79 Å². The summed E-state index contributed by atoms with van der Waals surface area (Å²) in [6, 6.07) is 41.2. The molecule has 0 aliphatic heterocycles. The lowest BCUT2D eigenvalue weighted by atomic mass is 10.0.